The lowest BCUT2D eigenvalue weighted by Gasteiger charge is -2.10. The number of hydrogen-bond donors (Lipinski definition) is 1. The predicted octanol–water partition coefficient (Wildman–Crippen LogP) is 4.88. The molecule has 112 valence electrons. The van der Waals surface area contributed by atoms with Crippen molar-refractivity contribution in [1.82, 2.24) is 5.32 Å². The van der Waals surface area contributed by atoms with Gasteiger partial charge < -0.3 is 5.32 Å². The van der Waals surface area contributed by atoms with E-state index in [4.69, 9.17) is 0 Å². The molecule has 22 heavy (non-hydrogen) atoms. The number of aryl methyl sites for hydroxylation is 3. The minimum atomic E-state index is 0.0429. The number of amides is 1. The molecule has 0 radical (unpaired) electrons. The van der Waals surface area contributed by atoms with Gasteiger partial charge in [-0.1, -0.05) is 6.07 Å². The van der Waals surface area contributed by atoms with E-state index < -0.39 is 0 Å². The summed E-state index contributed by atoms with van der Waals surface area (Å²) in [5.41, 5.74) is 2.68. The summed E-state index contributed by atoms with van der Waals surface area (Å²) in [5, 5.41) is 5.06. The van der Waals surface area contributed by atoms with Crippen LogP contribution in [0.4, 0.5) is 0 Å². The van der Waals surface area contributed by atoms with Gasteiger partial charge in [-0.15, -0.1) is 34.0 Å². The lowest BCUT2D eigenvalue weighted by Crippen LogP contribution is -2.21. The first-order valence-electron chi connectivity index (χ1n) is 7.23. The summed E-state index contributed by atoms with van der Waals surface area (Å²) in [7, 11) is 0. The molecule has 0 unspecified atom stereocenters. The van der Waals surface area contributed by atoms with E-state index in [0.717, 1.165) is 17.7 Å². The van der Waals surface area contributed by atoms with Gasteiger partial charge in [0.05, 0.1) is 11.4 Å². The van der Waals surface area contributed by atoms with Crippen molar-refractivity contribution < 1.29 is 4.79 Å². The third-order valence-electron chi connectivity index (χ3n) is 3.83. The maximum absolute atomic E-state index is 12.4. The van der Waals surface area contributed by atoms with Crippen LogP contribution in [-0.2, 0) is 19.4 Å². The number of carbonyl (C=O) groups excluding carboxylic acids is 1. The Morgan fingerprint density at radius 1 is 1.27 bits per heavy atom. The molecular formula is C17H15NOS3. The van der Waals surface area contributed by atoms with Gasteiger partial charge in [-0.05, 0) is 48.9 Å². The smallest absolute Gasteiger partial charge is 0.261 e. The highest BCUT2D eigenvalue weighted by Crippen LogP contribution is 2.43. The highest BCUT2D eigenvalue weighted by molar-refractivity contribution is 7.18. The fraction of sp³-hybridized carbons (Fsp3) is 0.235. The maximum atomic E-state index is 12.4. The standard InChI is InChI=1S/C17H15NOS3/c1-10-7-13-14(21-10)5-4-11-8-15(22-16(11)13)17(19)18-9-12-3-2-6-20-12/h2-3,6-8H,4-5,9H2,1H3,(H,18,19). The van der Waals surface area contributed by atoms with Crippen molar-refractivity contribution in [2.45, 2.75) is 26.3 Å². The fourth-order valence-corrected chi connectivity index (χ4v) is 5.73. The minimum absolute atomic E-state index is 0.0429. The van der Waals surface area contributed by atoms with Gasteiger partial charge >= 0.3 is 0 Å². The Kier molecular flexibility index (Phi) is 3.64. The van der Waals surface area contributed by atoms with Gasteiger partial charge in [0, 0.05) is 25.1 Å². The summed E-state index contributed by atoms with van der Waals surface area (Å²) in [6, 6.07) is 8.41. The van der Waals surface area contributed by atoms with E-state index >= 15 is 0 Å². The van der Waals surface area contributed by atoms with Gasteiger partial charge in [-0.2, -0.15) is 0 Å². The number of rotatable bonds is 3. The Balaban J connectivity index is 1.57. The van der Waals surface area contributed by atoms with Crippen LogP contribution in [0.2, 0.25) is 0 Å². The van der Waals surface area contributed by atoms with E-state index in [2.05, 4.69) is 24.4 Å². The normalized spacial score (nSPS) is 12.8. The molecule has 2 nitrogen and oxygen atoms in total. The topological polar surface area (TPSA) is 29.1 Å². The van der Waals surface area contributed by atoms with Gasteiger partial charge in [0.1, 0.15) is 0 Å². The number of fused-ring (bicyclic) bond motifs is 3. The lowest BCUT2D eigenvalue weighted by atomic mass is 9.98. The monoisotopic (exact) mass is 345 g/mol. The van der Waals surface area contributed by atoms with Crippen LogP contribution in [0, 0.1) is 6.92 Å². The summed E-state index contributed by atoms with van der Waals surface area (Å²) < 4.78 is 0. The van der Waals surface area contributed by atoms with Gasteiger partial charge in [-0.25, -0.2) is 0 Å². The molecule has 3 heterocycles. The minimum Gasteiger partial charge on any atom is -0.346 e. The maximum Gasteiger partial charge on any atom is 0.261 e. The zero-order valence-electron chi connectivity index (χ0n) is 12.1. The highest BCUT2D eigenvalue weighted by Gasteiger charge is 2.23. The Morgan fingerprint density at radius 3 is 3.00 bits per heavy atom. The van der Waals surface area contributed by atoms with Gasteiger partial charge in [-0.3, -0.25) is 4.79 Å². The molecule has 1 N–H and O–H groups in total. The van der Waals surface area contributed by atoms with E-state index in [1.807, 2.05) is 28.8 Å². The van der Waals surface area contributed by atoms with E-state index in [-0.39, 0.29) is 5.91 Å². The summed E-state index contributed by atoms with van der Waals surface area (Å²) in [6.07, 6.45) is 2.16. The molecule has 1 aliphatic rings. The Hall–Kier alpha value is -1.43. The quantitative estimate of drug-likeness (QED) is 0.720. The molecule has 4 rings (SSSR count). The third kappa shape index (κ3) is 2.53. The van der Waals surface area contributed by atoms with Crippen LogP contribution in [0.5, 0.6) is 0 Å². The first kappa shape index (κ1) is 14.2. The molecule has 0 bridgehead atoms. The van der Waals surface area contributed by atoms with Crippen LogP contribution in [-0.4, -0.2) is 5.91 Å². The second-order valence-corrected chi connectivity index (χ2v) is 8.85. The average Bonchev–Trinajstić information content (AvgIpc) is 3.21. The molecule has 0 saturated heterocycles. The molecule has 5 heteroatoms. The fourth-order valence-electron chi connectivity index (χ4n) is 2.81. The van der Waals surface area contributed by atoms with Crippen LogP contribution in [0.1, 0.15) is 29.9 Å². The van der Waals surface area contributed by atoms with Crippen LogP contribution >= 0.6 is 34.0 Å². The van der Waals surface area contributed by atoms with E-state index in [9.17, 15) is 4.79 Å². The first-order chi connectivity index (χ1) is 10.7. The van der Waals surface area contributed by atoms with E-state index in [1.165, 1.54) is 30.6 Å². The van der Waals surface area contributed by atoms with Crippen LogP contribution in [0.15, 0.2) is 29.6 Å². The molecule has 0 saturated carbocycles. The average molecular weight is 346 g/mol. The number of thiophene rings is 3. The molecule has 0 atom stereocenters. The molecule has 1 amide bonds. The van der Waals surface area contributed by atoms with Crippen molar-refractivity contribution in [1.29, 1.82) is 0 Å². The molecule has 1 aliphatic carbocycles. The number of carbonyl (C=O) groups is 1. The van der Waals surface area contributed by atoms with Gasteiger partial charge in [0.25, 0.3) is 5.91 Å². The van der Waals surface area contributed by atoms with Gasteiger partial charge in [0.15, 0.2) is 0 Å². The second-order valence-electron chi connectivity index (χ2n) is 5.42. The Bertz CT molecular complexity index is 826. The van der Waals surface area contributed by atoms with E-state index in [1.54, 1.807) is 22.7 Å². The molecular weight excluding hydrogens is 330 g/mol. The summed E-state index contributed by atoms with van der Waals surface area (Å²) in [5.74, 6) is 0.0429. The summed E-state index contributed by atoms with van der Waals surface area (Å²) >= 11 is 5.19. The Labute approximate surface area is 141 Å². The molecule has 0 fully saturated rings. The molecule has 3 aromatic rings. The van der Waals surface area contributed by atoms with Crippen molar-refractivity contribution in [3.8, 4) is 10.4 Å². The van der Waals surface area contributed by atoms with Crippen LogP contribution < -0.4 is 5.32 Å². The number of hydrogen-bond acceptors (Lipinski definition) is 4. The summed E-state index contributed by atoms with van der Waals surface area (Å²) in [6.45, 7) is 2.77. The van der Waals surface area contributed by atoms with Crippen molar-refractivity contribution >= 4 is 39.9 Å². The van der Waals surface area contributed by atoms with Crippen molar-refractivity contribution in [2.75, 3.05) is 0 Å². The van der Waals surface area contributed by atoms with E-state index in [0.29, 0.717) is 6.54 Å². The zero-order chi connectivity index (χ0) is 15.1. The third-order valence-corrected chi connectivity index (χ3v) is 7.03. The highest BCUT2D eigenvalue weighted by atomic mass is 32.1. The predicted molar refractivity (Wildman–Crippen MR) is 95.3 cm³/mol. The lowest BCUT2D eigenvalue weighted by molar-refractivity contribution is 0.0955. The molecule has 0 spiro atoms. The Morgan fingerprint density at radius 2 is 2.18 bits per heavy atom. The van der Waals surface area contributed by atoms with Crippen molar-refractivity contribution in [3.05, 3.63) is 54.7 Å². The van der Waals surface area contributed by atoms with Crippen molar-refractivity contribution in [3.63, 3.8) is 0 Å². The van der Waals surface area contributed by atoms with Crippen molar-refractivity contribution in [2.24, 2.45) is 0 Å². The van der Waals surface area contributed by atoms with Gasteiger partial charge in [0.2, 0.25) is 0 Å². The summed E-state index contributed by atoms with van der Waals surface area (Å²) in [4.78, 5) is 18.5. The number of nitrogens with one attached hydrogen (secondary N) is 1. The SMILES string of the molecule is Cc1cc2c(s1)CCc1cc(C(=O)NCc3cccs3)sc1-2. The van der Waals surface area contributed by atoms with Crippen LogP contribution in [0.25, 0.3) is 10.4 Å². The first-order valence-corrected chi connectivity index (χ1v) is 9.75. The van der Waals surface area contributed by atoms with Crippen LogP contribution in [0.3, 0.4) is 0 Å². The largest absolute Gasteiger partial charge is 0.346 e. The molecule has 3 aromatic heterocycles. The second kappa shape index (κ2) is 5.65. The zero-order valence-corrected chi connectivity index (χ0v) is 14.6. The molecule has 0 aromatic carbocycles. The molecule has 0 aliphatic heterocycles.